The minimum Gasteiger partial charge on any atom is -0.486 e. The molecule has 0 amide bonds. The van der Waals surface area contributed by atoms with Crippen LogP contribution in [0.25, 0.3) is 0 Å². The van der Waals surface area contributed by atoms with Gasteiger partial charge in [0.2, 0.25) is 0 Å². The average molecular weight is 279 g/mol. The molecule has 0 heterocycles. The zero-order valence-corrected chi connectivity index (χ0v) is 13.7. The highest BCUT2D eigenvalue weighted by molar-refractivity contribution is 5.39. The molecule has 1 atom stereocenters. The third kappa shape index (κ3) is 5.51. The molecule has 114 valence electrons. The van der Waals surface area contributed by atoms with Gasteiger partial charge in [0.25, 0.3) is 0 Å². The van der Waals surface area contributed by atoms with Crippen LogP contribution in [0.1, 0.15) is 44.7 Å². The SMILES string of the molecule is COCC(CNC(C)C)Oc1cc(C)ccc1C(C)C. The number of methoxy groups -OCH3 is 1. The number of nitrogens with one attached hydrogen (secondary N) is 1. The molecule has 0 spiro atoms. The van der Waals surface area contributed by atoms with Crippen molar-refractivity contribution in [3.05, 3.63) is 29.3 Å². The second kappa shape index (κ2) is 8.28. The van der Waals surface area contributed by atoms with Gasteiger partial charge in [0.1, 0.15) is 11.9 Å². The van der Waals surface area contributed by atoms with E-state index in [9.17, 15) is 0 Å². The first-order valence-electron chi connectivity index (χ1n) is 7.43. The number of ether oxygens (including phenoxy) is 2. The van der Waals surface area contributed by atoms with Gasteiger partial charge in [-0.1, -0.05) is 39.8 Å². The molecule has 3 heteroatoms. The van der Waals surface area contributed by atoms with E-state index in [1.807, 2.05) is 0 Å². The Bertz CT molecular complexity index is 402. The lowest BCUT2D eigenvalue weighted by atomic mass is 10.0. The quantitative estimate of drug-likeness (QED) is 0.790. The zero-order valence-electron chi connectivity index (χ0n) is 13.7. The third-order valence-electron chi connectivity index (χ3n) is 3.19. The van der Waals surface area contributed by atoms with Crippen LogP contribution in [0.2, 0.25) is 0 Å². The Labute approximate surface area is 123 Å². The van der Waals surface area contributed by atoms with Gasteiger partial charge < -0.3 is 14.8 Å². The van der Waals surface area contributed by atoms with Crippen molar-refractivity contribution < 1.29 is 9.47 Å². The molecule has 0 fully saturated rings. The van der Waals surface area contributed by atoms with Crippen LogP contribution in [0.5, 0.6) is 5.75 Å². The Morgan fingerprint density at radius 2 is 1.85 bits per heavy atom. The lowest BCUT2D eigenvalue weighted by molar-refractivity contribution is 0.0786. The van der Waals surface area contributed by atoms with Gasteiger partial charge in [-0.3, -0.25) is 0 Å². The van der Waals surface area contributed by atoms with Crippen molar-refractivity contribution in [2.75, 3.05) is 20.3 Å². The standard InChI is InChI=1S/C17H29NO2/c1-12(2)16-8-7-14(5)9-17(16)20-15(11-19-6)10-18-13(3)4/h7-9,12-13,15,18H,10-11H2,1-6H3. The molecular formula is C17H29NO2. The first-order valence-corrected chi connectivity index (χ1v) is 7.43. The number of benzene rings is 1. The first kappa shape index (κ1) is 17.0. The van der Waals surface area contributed by atoms with Gasteiger partial charge in [-0.15, -0.1) is 0 Å². The highest BCUT2D eigenvalue weighted by atomic mass is 16.5. The molecule has 20 heavy (non-hydrogen) atoms. The zero-order chi connectivity index (χ0) is 15.1. The van der Waals surface area contributed by atoms with Crippen LogP contribution in [0.4, 0.5) is 0 Å². The maximum Gasteiger partial charge on any atom is 0.134 e. The van der Waals surface area contributed by atoms with Gasteiger partial charge in [0.15, 0.2) is 0 Å². The molecule has 1 aromatic carbocycles. The summed E-state index contributed by atoms with van der Waals surface area (Å²) >= 11 is 0. The predicted molar refractivity (Wildman–Crippen MR) is 84.7 cm³/mol. The summed E-state index contributed by atoms with van der Waals surface area (Å²) in [5.74, 6) is 1.43. The molecule has 0 bridgehead atoms. The minimum absolute atomic E-state index is 0.0294. The van der Waals surface area contributed by atoms with Gasteiger partial charge >= 0.3 is 0 Å². The van der Waals surface area contributed by atoms with Crippen LogP contribution >= 0.6 is 0 Å². The lowest BCUT2D eigenvalue weighted by Gasteiger charge is -2.23. The molecule has 0 aliphatic carbocycles. The monoisotopic (exact) mass is 279 g/mol. The topological polar surface area (TPSA) is 30.5 Å². The number of hydrogen-bond donors (Lipinski definition) is 1. The smallest absolute Gasteiger partial charge is 0.134 e. The molecule has 0 saturated heterocycles. The molecule has 3 nitrogen and oxygen atoms in total. The summed E-state index contributed by atoms with van der Waals surface area (Å²) in [4.78, 5) is 0. The summed E-state index contributed by atoms with van der Waals surface area (Å²) in [5.41, 5.74) is 2.47. The van der Waals surface area contributed by atoms with Gasteiger partial charge in [-0.25, -0.2) is 0 Å². The molecule has 0 aliphatic rings. The lowest BCUT2D eigenvalue weighted by Crippen LogP contribution is -2.38. The highest BCUT2D eigenvalue weighted by Gasteiger charge is 2.15. The molecule has 1 rings (SSSR count). The number of rotatable bonds is 8. The van der Waals surface area contributed by atoms with Crippen molar-refractivity contribution >= 4 is 0 Å². The molecular weight excluding hydrogens is 250 g/mol. The molecule has 0 aromatic heterocycles. The van der Waals surface area contributed by atoms with E-state index < -0.39 is 0 Å². The van der Waals surface area contributed by atoms with Crippen molar-refractivity contribution in [1.29, 1.82) is 0 Å². The molecule has 1 aromatic rings. The van der Waals surface area contributed by atoms with Crippen molar-refractivity contribution in [3.63, 3.8) is 0 Å². The molecule has 0 radical (unpaired) electrons. The van der Waals surface area contributed by atoms with Crippen LogP contribution in [0.3, 0.4) is 0 Å². The van der Waals surface area contributed by atoms with E-state index in [-0.39, 0.29) is 6.10 Å². The second-order valence-corrected chi connectivity index (χ2v) is 5.95. The Morgan fingerprint density at radius 3 is 2.40 bits per heavy atom. The normalized spacial score (nSPS) is 13.0. The average Bonchev–Trinajstić information content (AvgIpc) is 2.36. The molecule has 1 unspecified atom stereocenters. The summed E-state index contributed by atoms with van der Waals surface area (Å²) < 4.78 is 11.5. The van der Waals surface area contributed by atoms with Crippen LogP contribution in [-0.4, -0.2) is 32.4 Å². The highest BCUT2D eigenvalue weighted by Crippen LogP contribution is 2.28. The van der Waals surface area contributed by atoms with Crippen molar-refractivity contribution in [3.8, 4) is 5.75 Å². The van der Waals surface area contributed by atoms with E-state index in [0.717, 1.165) is 12.3 Å². The summed E-state index contributed by atoms with van der Waals surface area (Å²) in [5, 5.41) is 3.41. The van der Waals surface area contributed by atoms with Gasteiger partial charge in [0.05, 0.1) is 6.61 Å². The van der Waals surface area contributed by atoms with Crippen LogP contribution in [0.15, 0.2) is 18.2 Å². The summed E-state index contributed by atoms with van der Waals surface area (Å²) in [6, 6.07) is 6.86. The van der Waals surface area contributed by atoms with E-state index in [1.54, 1.807) is 7.11 Å². The Kier molecular flexibility index (Phi) is 7.03. The van der Waals surface area contributed by atoms with Gasteiger partial charge in [-0.2, -0.15) is 0 Å². The Balaban J connectivity index is 2.83. The van der Waals surface area contributed by atoms with Gasteiger partial charge in [-0.05, 0) is 30.0 Å². The van der Waals surface area contributed by atoms with Crippen molar-refractivity contribution in [2.45, 2.75) is 52.7 Å². The number of hydrogen-bond acceptors (Lipinski definition) is 3. The summed E-state index contributed by atoms with van der Waals surface area (Å²) in [6.45, 7) is 12.1. The third-order valence-corrected chi connectivity index (χ3v) is 3.19. The van der Waals surface area contributed by atoms with Gasteiger partial charge in [0, 0.05) is 19.7 Å². The molecule has 0 aliphatic heterocycles. The van der Waals surface area contributed by atoms with Crippen molar-refractivity contribution in [1.82, 2.24) is 5.32 Å². The van der Waals surface area contributed by atoms with Crippen LogP contribution in [0, 0.1) is 6.92 Å². The fourth-order valence-corrected chi connectivity index (χ4v) is 2.09. The van der Waals surface area contributed by atoms with Crippen LogP contribution < -0.4 is 10.1 Å². The number of aryl methyl sites for hydroxylation is 1. The van der Waals surface area contributed by atoms with E-state index in [1.165, 1.54) is 11.1 Å². The van der Waals surface area contributed by atoms with E-state index in [2.05, 4.69) is 58.1 Å². The minimum atomic E-state index is 0.0294. The summed E-state index contributed by atoms with van der Waals surface area (Å²) in [6.07, 6.45) is 0.0294. The van der Waals surface area contributed by atoms with Crippen LogP contribution in [-0.2, 0) is 4.74 Å². The maximum atomic E-state index is 6.19. The first-order chi connectivity index (χ1) is 9.43. The van der Waals surface area contributed by atoms with E-state index in [0.29, 0.717) is 18.6 Å². The fourth-order valence-electron chi connectivity index (χ4n) is 2.09. The van der Waals surface area contributed by atoms with E-state index in [4.69, 9.17) is 9.47 Å². The van der Waals surface area contributed by atoms with E-state index >= 15 is 0 Å². The molecule has 0 saturated carbocycles. The Morgan fingerprint density at radius 1 is 1.15 bits per heavy atom. The second-order valence-electron chi connectivity index (χ2n) is 5.95. The maximum absolute atomic E-state index is 6.19. The fraction of sp³-hybridized carbons (Fsp3) is 0.647. The predicted octanol–water partition coefficient (Wildman–Crippen LogP) is 3.51. The summed E-state index contributed by atoms with van der Waals surface area (Å²) in [7, 11) is 1.71. The van der Waals surface area contributed by atoms with Crippen molar-refractivity contribution in [2.24, 2.45) is 0 Å². The Hall–Kier alpha value is -1.06. The largest absolute Gasteiger partial charge is 0.486 e. The molecule has 1 N–H and O–H groups in total.